The molecule has 0 atom stereocenters. The third-order valence-corrected chi connectivity index (χ3v) is 2.70. The van der Waals surface area contributed by atoms with Crippen molar-refractivity contribution in [1.82, 2.24) is 15.1 Å². The number of β-amino-alcohol motifs (C(OH)–C–C–N with tert-alkyl or cyclic N) is 1. The third-order valence-electron chi connectivity index (χ3n) is 2.70. The Kier molecular flexibility index (Phi) is 2.48. The molecule has 2 rings (SSSR count). The lowest BCUT2D eigenvalue weighted by Crippen LogP contribution is -2.63. The van der Waals surface area contributed by atoms with Crippen molar-refractivity contribution in [2.24, 2.45) is 0 Å². The van der Waals surface area contributed by atoms with Gasteiger partial charge >= 0.3 is 0 Å². The quantitative estimate of drug-likeness (QED) is 0.757. The predicted octanol–water partition coefficient (Wildman–Crippen LogP) is 0.397. The smallest absolute Gasteiger partial charge is 0.272 e. The van der Waals surface area contributed by atoms with Crippen molar-refractivity contribution >= 4 is 5.91 Å². The van der Waals surface area contributed by atoms with Crippen LogP contribution in [0.2, 0.25) is 0 Å². The predicted molar refractivity (Wildman–Crippen MR) is 54.3 cm³/mol. The fourth-order valence-corrected chi connectivity index (χ4v) is 1.98. The number of hydrogen-bond donors (Lipinski definition) is 2. The second-order valence-electron chi connectivity index (χ2n) is 4.11. The fourth-order valence-electron chi connectivity index (χ4n) is 1.98. The molecule has 1 aromatic rings. The van der Waals surface area contributed by atoms with Gasteiger partial charge in [-0.2, -0.15) is 5.10 Å². The highest BCUT2D eigenvalue weighted by Gasteiger charge is 2.43. The summed E-state index contributed by atoms with van der Waals surface area (Å²) in [4.78, 5) is 13.4. The normalized spacial score (nSPS) is 18.7. The molecule has 15 heavy (non-hydrogen) atoms. The van der Waals surface area contributed by atoms with E-state index in [1.54, 1.807) is 17.2 Å². The first-order valence-electron chi connectivity index (χ1n) is 5.16. The van der Waals surface area contributed by atoms with Gasteiger partial charge in [-0.25, -0.2) is 0 Å². The maximum absolute atomic E-state index is 11.7. The van der Waals surface area contributed by atoms with E-state index < -0.39 is 5.60 Å². The van der Waals surface area contributed by atoms with E-state index in [2.05, 4.69) is 10.2 Å². The molecule has 1 amide bonds. The van der Waals surface area contributed by atoms with E-state index in [-0.39, 0.29) is 5.91 Å². The zero-order chi connectivity index (χ0) is 10.9. The second-order valence-corrected chi connectivity index (χ2v) is 4.11. The monoisotopic (exact) mass is 209 g/mol. The number of aliphatic hydroxyl groups is 1. The van der Waals surface area contributed by atoms with Crippen LogP contribution in [0.25, 0.3) is 0 Å². The molecule has 0 bridgehead atoms. The Balaban J connectivity index is 1.92. The van der Waals surface area contributed by atoms with E-state index in [0.29, 0.717) is 18.8 Å². The van der Waals surface area contributed by atoms with Crippen molar-refractivity contribution in [2.45, 2.75) is 25.4 Å². The number of amides is 1. The van der Waals surface area contributed by atoms with Crippen LogP contribution >= 0.6 is 0 Å². The van der Waals surface area contributed by atoms with Gasteiger partial charge in [-0.3, -0.25) is 9.89 Å². The zero-order valence-corrected chi connectivity index (χ0v) is 8.73. The highest BCUT2D eigenvalue weighted by molar-refractivity contribution is 5.92. The van der Waals surface area contributed by atoms with E-state index in [1.807, 2.05) is 6.92 Å². The summed E-state index contributed by atoms with van der Waals surface area (Å²) in [5, 5.41) is 16.3. The van der Waals surface area contributed by atoms with Gasteiger partial charge in [-0.1, -0.05) is 13.3 Å². The molecule has 0 aliphatic carbocycles. The number of carbonyl (C=O) groups is 1. The molecule has 0 saturated carbocycles. The molecule has 0 spiro atoms. The zero-order valence-electron chi connectivity index (χ0n) is 8.73. The summed E-state index contributed by atoms with van der Waals surface area (Å²) < 4.78 is 0. The lowest BCUT2D eigenvalue weighted by Gasteiger charge is -2.46. The Morgan fingerprint density at radius 1 is 1.73 bits per heavy atom. The van der Waals surface area contributed by atoms with Crippen LogP contribution in [0.15, 0.2) is 12.3 Å². The standard InChI is InChI=1S/C10H15N3O2/c1-2-4-10(15)6-13(7-10)9(14)8-3-5-11-12-8/h3,5,15H,2,4,6-7H2,1H3,(H,11,12). The number of hydrogen-bond acceptors (Lipinski definition) is 3. The van der Waals surface area contributed by atoms with Gasteiger partial charge in [0.05, 0.1) is 18.7 Å². The third kappa shape index (κ3) is 1.87. The summed E-state index contributed by atoms with van der Waals surface area (Å²) in [7, 11) is 0. The number of likely N-dealkylation sites (tertiary alicyclic amines) is 1. The molecule has 2 heterocycles. The fraction of sp³-hybridized carbons (Fsp3) is 0.600. The number of carbonyl (C=O) groups excluding carboxylic acids is 1. The summed E-state index contributed by atoms with van der Waals surface area (Å²) in [6.07, 6.45) is 3.23. The van der Waals surface area contributed by atoms with Crippen LogP contribution in [0.5, 0.6) is 0 Å². The molecule has 1 fully saturated rings. The van der Waals surface area contributed by atoms with Crippen LogP contribution in [0.4, 0.5) is 0 Å². The molecule has 0 aromatic carbocycles. The van der Waals surface area contributed by atoms with Gasteiger partial charge in [0.1, 0.15) is 5.69 Å². The molecule has 82 valence electrons. The van der Waals surface area contributed by atoms with Gasteiger partial charge in [0.15, 0.2) is 0 Å². The molecule has 2 N–H and O–H groups in total. The average molecular weight is 209 g/mol. The molecule has 0 unspecified atom stereocenters. The number of aromatic nitrogens is 2. The van der Waals surface area contributed by atoms with Gasteiger partial charge in [-0.05, 0) is 12.5 Å². The van der Waals surface area contributed by atoms with Crippen LogP contribution in [0, 0.1) is 0 Å². The molecule has 5 heteroatoms. The molecular formula is C10H15N3O2. The minimum Gasteiger partial charge on any atom is -0.386 e. The molecule has 0 radical (unpaired) electrons. The number of nitrogens with zero attached hydrogens (tertiary/aromatic N) is 2. The summed E-state index contributed by atoms with van der Waals surface area (Å²) in [5.74, 6) is -0.0896. The van der Waals surface area contributed by atoms with Crippen LogP contribution in [-0.4, -0.2) is 44.8 Å². The van der Waals surface area contributed by atoms with Crippen molar-refractivity contribution < 1.29 is 9.90 Å². The summed E-state index contributed by atoms with van der Waals surface area (Å²) in [6, 6.07) is 1.64. The maximum Gasteiger partial charge on any atom is 0.272 e. The summed E-state index contributed by atoms with van der Waals surface area (Å²) >= 11 is 0. The lowest BCUT2D eigenvalue weighted by molar-refractivity contribution is -0.0861. The van der Waals surface area contributed by atoms with E-state index in [0.717, 1.165) is 12.8 Å². The molecule has 1 saturated heterocycles. The summed E-state index contributed by atoms with van der Waals surface area (Å²) in [5.41, 5.74) is -0.182. The van der Waals surface area contributed by atoms with E-state index >= 15 is 0 Å². The number of nitrogens with one attached hydrogen (secondary N) is 1. The summed E-state index contributed by atoms with van der Waals surface area (Å²) in [6.45, 7) is 2.88. The first-order chi connectivity index (χ1) is 7.14. The van der Waals surface area contributed by atoms with Crippen molar-refractivity contribution in [2.75, 3.05) is 13.1 Å². The maximum atomic E-state index is 11.7. The Morgan fingerprint density at radius 3 is 3.00 bits per heavy atom. The number of rotatable bonds is 3. The lowest BCUT2D eigenvalue weighted by atomic mass is 9.89. The Morgan fingerprint density at radius 2 is 2.47 bits per heavy atom. The van der Waals surface area contributed by atoms with Crippen LogP contribution in [-0.2, 0) is 0 Å². The first-order valence-corrected chi connectivity index (χ1v) is 5.16. The van der Waals surface area contributed by atoms with Gasteiger partial charge in [0.2, 0.25) is 0 Å². The minimum absolute atomic E-state index is 0.0896. The van der Waals surface area contributed by atoms with Crippen LogP contribution in [0.1, 0.15) is 30.3 Å². The molecular weight excluding hydrogens is 194 g/mol. The van der Waals surface area contributed by atoms with Gasteiger partial charge < -0.3 is 10.0 Å². The van der Waals surface area contributed by atoms with Gasteiger partial charge in [0.25, 0.3) is 5.91 Å². The highest BCUT2D eigenvalue weighted by atomic mass is 16.3. The van der Waals surface area contributed by atoms with Crippen LogP contribution in [0.3, 0.4) is 0 Å². The topological polar surface area (TPSA) is 69.2 Å². The average Bonchev–Trinajstić information content (AvgIpc) is 2.66. The molecule has 5 nitrogen and oxygen atoms in total. The molecule has 1 aliphatic heterocycles. The minimum atomic E-state index is -0.662. The molecule has 1 aromatic heterocycles. The molecule has 1 aliphatic rings. The Bertz CT molecular complexity index is 342. The van der Waals surface area contributed by atoms with Gasteiger partial charge in [0, 0.05) is 6.20 Å². The van der Waals surface area contributed by atoms with Crippen LogP contribution < -0.4 is 0 Å². The van der Waals surface area contributed by atoms with E-state index in [4.69, 9.17) is 0 Å². The van der Waals surface area contributed by atoms with Gasteiger partial charge in [-0.15, -0.1) is 0 Å². The Labute approximate surface area is 88.1 Å². The van der Waals surface area contributed by atoms with E-state index in [9.17, 15) is 9.90 Å². The van der Waals surface area contributed by atoms with Crippen molar-refractivity contribution in [1.29, 1.82) is 0 Å². The number of H-pyrrole nitrogens is 1. The first kappa shape index (κ1) is 10.2. The van der Waals surface area contributed by atoms with Crippen molar-refractivity contribution in [3.05, 3.63) is 18.0 Å². The van der Waals surface area contributed by atoms with E-state index in [1.165, 1.54) is 0 Å². The van der Waals surface area contributed by atoms with Crippen molar-refractivity contribution in [3.63, 3.8) is 0 Å². The highest BCUT2D eigenvalue weighted by Crippen LogP contribution is 2.26. The van der Waals surface area contributed by atoms with Crippen molar-refractivity contribution in [3.8, 4) is 0 Å². The number of aromatic amines is 1. The SMILES string of the molecule is CCCC1(O)CN(C(=O)c2ccn[nH]2)C1. The second kappa shape index (κ2) is 3.66. The Hall–Kier alpha value is -1.36. The largest absolute Gasteiger partial charge is 0.386 e.